The van der Waals surface area contributed by atoms with Gasteiger partial charge in [0.05, 0.1) is 5.69 Å². The molecule has 2 saturated carbocycles. The monoisotopic (exact) mass is 326 g/mol. The van der Waals surface area contributed by atoms with Crippen LogP contribution in [0.5, 0.6) is 0 Å². The van der Waals surface area contributed by atoms with Crippen molar-refractivity contribution in [1.82, 2.24) is 9.97 Å². The van der Waals surface area contributed by atoms with Crippen LogP contribution in [0.25, 0.3) is 0 Å². The van der Waals surface area contributed by atoms with Crippen LogP contribution in [0.15, 0.2) is 9.27 Å². The second-order valence-electron chi connectivity index (χ2n) is 5.65. The quantitative estimate of drug-likeness (QED) is 0.927. The average molecular weight is 327 g/mol. The molecule has 0 amide bonds. The molecule has 0 unspecified atom stereocenters. The second-order valence-corrected chi connectivity index (χ2v) is 6.44. The maximum Gasteiger partial charge on any atom is 0.265 e. The highest BCUT2D eigenvalue weighted by atomic mass is 79.9. The minimum absolute atomic E-state index is 0.0739. The van der Waals surface area contributed by atoms with Crippen molar-refractivity contribution in [3.63, 3.8) is 0 Å². The fourth-order valence-corrected chi connectivity index (χ4v) is 3.71. The first-order valence-corrected chi connectivity index (χ1v) is 7.81. The van der Waals surface area contributed by atoms with Crippen molar-refractivity contribution in [2.75, 3.05) is 7.11 Å². The van der Waals surface area contributed by atoms with E-state index in [0.717, 1.165) is 43.6 Å². The van der Waals surface area contributed by atoms with Gasteiger partial charge in [-0.15, -0.1) is 0 Å². The predicted octanol–water partition coefficient (Wildman–Crippen LogP) is 3.22. The van der Waals surface area contributed by atoms with Crippen LogP contribution >= 0.6 is 15.9 Å². The van der Waals surface area contributed by atoms with E-state index in [-0.39, 0.29) is 11.2 Å². The number of hydrogen-bond acceptors (Lipinski definition) is 3. The first-order valence-electron chi connectivity index (χ1n) is 7.01. The topological polar surface area (TPSA) is 55.0 Å². The molecule has 2 aliphatic carbocycles. The summed E-state index contributed by atoms with van der Waals surface area (Å²) in [6, 6.07) is 0. The maximum atomic E-state index is 12.1. The van der Waals surface area contributed by atoms with Crippen LogP contribution in [-0.4, -0.2) is 17.1 Å². The zero-order valence-corrected chi connectivity index (χ0v) is 12.8. The Morgan fingerprint density at radius 1 is 1.32 bits per heavy atom. The predicted molar refractivity (Wildman–Crippen MR) is 76.3 cm³/mol. The molecule has 4 nitrogen and oxygen atoms in total. The summed E-state index contributed by atoms with van der Waals surface area (Å²) >= 11 is 3.41. The van der Waals surface area contributed by atoms with Crippen LogP contribution < -0.4 is 5.56 Å². The highest BCUT2D eigenvalue weighted by Crippen LogP contribution is 2.43. The first kappa shape index (κ1) is 13.3. The molecular weight excluding hydrogens is 308 g/mol. The zero-order valence-electron chi connectivity index (χ0n) is 11.2. The molecule has 0 aliphatic heterocycles. The lowest BCUT2D eigenvalue weighted by Gasteiger charge is -2.39. The second kappa shape index (κ2) is 5.02. The third-order valence-corrected chi connectivity index (χ3v) is 5.38. The third-order valence-electron chi connectivity index (χ3n) is 4.61. The average Bonchev–Trinajstić information content (AvgIpc) is 2.86. The summed E-state index contributed by atoms with van der Waals surface area (Å²) in [7, 11) is 1.70. The summed E-state index contributed by atoms with van der Waals surface area (Å²) in [6.07, 6.45) is 7.75. The Kier molecular flexibility index (Phi) is 3.52. The lowest BCUT2D eigenvalue weighted by molar-refractivity contribution is -0.0850. The Labute approximate surface area is 121 Å². The number of nitrogens with one attached hydrogen (secondary N) is 1. The minimum atomic E-state index is -0.354. The number of hydrogen-bond donors (Lipinski definition) is 1. The van der Waals surface area contributed by atoms with Gasteiger partial charge in [-0.05, 0) is 48.0 Å². The van der Waals surface area contributed by atoms with Crippen LogP contribution in [0, 0.1) is 0 Å². The van der Waals surface area contributed by atoms with Gasteiger partial charge in [-0.3, -0.25) is 4.79 Å². The van der Waals surface area contributed by atoms with Crippen molar-refractivity contribution in [3.05, 3.63) is 26.3 Å². The molecule has 3 rings (SSSR count). The van der Waals surface area contributed by atoms with Crippen molar-refractivity contribution in [3.8, 4) is 0 Å². The molecule has 2 fully saturated rings. The number of nitrogens with zero attached hydrogens (tertiary/aromatic N) is 1. The smallest absolute Gasteiger partial charge is 0.265 e. The van der Waals surface area contributed by atoms with Gasteiger partial charge in [0, 0.05) is 13.0 Å². The van der Waals surface area contributed by atoms with E-state index in [2.05, 4.69) is 20.9 Å². The number of ether oxygens (including phenoxy) is 1. The van der Waals surface area contributed by atoms with Crippen LogP contribution in [-0.2, 0) is 10.3 Å². The van der Waals surface area contributed by atoms with E-state index < -0.39 is 0 Å². The summed E-state index contributed by atoms with van der Waals surface area (Å²) < 4.78 is 6.23. The van der Waals surface area contributed by atoms with Crippen LogP contribution in [0.3, 0.4) is 0 Å². The number of rotatable bonds is 3. The third kappa shape index (κ3) is 2.17. The summed E-state index contributed by atoms with van der Waals surface area (Å²) in [5.41, 5.74) is 0.502. The standard InChI is InChI=1S/C14H19BrN2O2/c1-19-14(7-4-8-14)13-16-11(9-5-2-3-6-9)10(15)12(18)17-13/h9H,2-8H2,1H3,(H,16,17,18). The van der Waals surface area contributed by atoms with E-state index >= 15 is 0 Å². The fraction of sp³-hybridized carbons (Fsp3) is 0.714. The highest BCUT2D eigenvalue weighted by Gasteiger charge is 2.42. The number of halogens is 1. The Bertz CT molecular complexity index is 525. The molecule has 0 aromatic carbocycles. The van der Waals surface area contributed by atoms with Crippen LogP contribution in [0.4, 0.5) is 0 Å². The van der Waals surface area contributed by atoms with E-state index in [0.29, 0.717) is 10.4 Å². The molecule has 1 N–H and O–H groups in total. The first-order chi connectivity index (χ1) is 9.16. The fourth-order valence-electron chi connectivity index (χ4n) is 3.20. The molecule has 2 aliphatic rings. The number of aromatic amines is 1. The molecule has 0 bridgehead atoms. The van der Waals surface area contributed by atoms with Gasteiger partial charge in [-0.25, -0.2) is 4.98 Å². The Morgan fingerprint density at radius 3 is 2.53 bits per heavy atom. The van der Waals surface area contributed by atoms with Gasteiger partial charge in [-0.2, -0.15) is 0 Å². The minimum Gasteiger partial charge on any atom is -0.370 e. The van der Waals surface area contributed by atoms with Crippen molar-refractivity contribution >= 4 is 15.9 Å². The number of methoxy groups -OCH3 is 1. The SMILES string of the molecule is COC1(c2nc(C3CCCC3)c(Br)c(=O)[nH]2)CCC1. The highest BCUT2D eigenvalue weighted by molar-refractivity contribution is 9.10. The largest absolute Gasteiger partial charge is 0.370 e. The van der Waals surface area contributed by atoms with Crippen molar-refractivity contribution in [2.24, 2.45) is 0 Å². The molecule has 19 heavy (non-hydrogen) atoms. The van der Waals surface area contributed by atoms with E-state index in [4.69, 9.17) is 9.72 Å². The molecule has 104 valence electrons. The van der Waals surface area contributed by atoms with Crippen molar-refractivity contribution in [2.45, 2.75) is 56.5 Å². The molecule has 1 heterocycles. The van der Waals surface area contributed by atoms with Gasteiger partial charge in [0.25, 0.3) is 5.56 Å². The molecule has 0 atom stereocenters. The molecular formula is C14H19BrN2O2. The molecule has 1 aromatic rings. The Hall–Kier alpha value is -0.680. The summed E-state index contributed by atoms with van der Waals surface area (Å²) in [4.78, 5) is 19.8. The maximum absolute atomic E-state index is 12.1. The molecule has 1 aromatic heterocycles. The number of H-pyrrole nitrogens is 1. The van der Waals surface area contributed by atoms with Gasteiger partial charge in [0.2, 0.25) is 0 Å². The lowest BCUT2D eigenvalue weighted by atomic mass is 9.79. The normalized spacial score (nSPS) is 22.4. The molecule has 0 saturated heterocycles. The van der Waals surface area contributed by atoms with Crippen LogP contribution in [0.2, 0.25) is 0 Å². The van der Waals surface area contributed by atoms with Gasteiger partial charge < -0.3 is 9.72 Å². The van der Waals surface area contributed by atoms with Crippen LogP contribution in [0.1, 0.15) is 62.4 Å². The van der Waals surface area contributed by atoms with E-state index in [1.54, 1.807) is 7.11 Å². The van der Waals surface area contributed by atoms with E-state index in [1.165, 1.54) is 12.8 Å². The number of aromatic nitrogens is 2. The van der Waals surface area contributed by atoms with Gasteiger partial charge in [-0.1, -0.05) is 12.8 Å². The summed E-state index contributed by atoms with van der Waals surface area (Å²) in [5, 5.41) is 0. The Morgan fingerprint density at radius 2 is 2.00 bits per heavy atom. The molecule has 0 radical (unpaired) electrons. The lowest BCUT2D eigenvalue weighted by Crippen LogP contribution is -2.40. The van der Waals surface area contributed by atoms with E-state index in [1.807, 2.05) is 0 Å². The summed E-state index contributed by atoms with van der Waals surface area (Å²) in [5.74, 6) is 1.14. The van der Waals surface area contributed by atoms with Gasteiger partial charge >= 0.3 is 0 Å². The van der Waals surface area contributed by atoms with Crippen molar-refractivity contribution < 1.29 is 4.74 Å². The molecule has 5 heteroatoms. The zero-order chi connectivity index (χ0) is 13.5. The van der Waals surface area contributed by atoms with Gasteiger partial charge in [0.15, 0.2) is 0 Å². The summed E-state index contributed by atoms with van der Waals surface area (Å²) in [6.45, 7) is 0. The van der Waals surface area contributed by atoms with Crippen molar-refractivity contribution in [1.29, 1.82) is 0 Å². The van der Waals surface area contributed by atoms with E-state index in [9.17, 15) is 4.79 Å². The van der Waals surface area contributed by atoms with Gasteiger partial charge in [0.1, 0.15) is 15.9 Å². The molecule has 0 spiro atoms. The Balaban J connectivity index is 2.04.